The summed E-state index contributed by atoms with van der Waals surface area (Å²) in [7, 11) is 0. The highest BCUT2D eigenvalue weighted by Gasteiger charge is 2.13. The van der Waals surface area contributed by atoms with Crippen LogP contribution in [0.5, 0.6) is 0 Å². The molecule has 0 fully saturated rings. The molecule has 0 saturated carbocycles. The summed E-state index contributed by atoms with van der Waals surface area (Å²) in [6.07, 6.45) is 0. The van der Waals surface area contributed by atoms with E-state index in [1.165, 1.54) is 5.56 Å². The Morgan fingerprint density at radius 2 is 2.00 bits per heavy atom. The lowest BCUT2D eigenvalue weighted by atomic mass is 10.1. The average Bonchev–Trinajstić information content (AvgIpc) is 2.57. The molecule has 2 rings (SSSR count). The van der Waals surface area contributed by atoms with Crippen LogP contribution in [0.25, 0.3) is 5.69 Å². The summed E-state index contributed by atoms with van der Waals surface area (Å²) in [6.45, 7) is 6.10. The lowest BCUT2D eigenvalue weighted by Gasteiger charge is -2.11. The van der Waals surface area contributed by atoms with E-state index in [-0.39, 0.29) is 0 Å². The van der Waals surface area contributed by atoms with Gasteiger partial charge in [0.1, 0.15) is 4.99 Å². The predicted molar refractivity (Wildman–Crippen MR) is 81.4 cm³/mol. The summed E-state index contributed by atoms with van der Waals surface area (Å²) in [5.41, 5.74) is 10.8. The van der Waals surface area contributed by atoms with Gasteiger partial charge in [0.2, 0.25) is 0 Å². The third-order valence-electron chi connectivity index (χ3n) is 3.11. The van der Waals surface area contributed by atoms with E-state index in [9.17, 15) is 0 Å². The van der Waals surface area contributed by atoms with Crippen molar-refractivity contribution in [3.8, 4) is 5.69 Å². The van der Waals surface area contributed by atoms with Crippen LogP contribution in [0.1, 0.15) is 22.5 Å². The van der Waals surface area contributed by atoms with Crippen LogP contribution in [-0.4, -0.2) is 14.8 Å². The highest BCUT2D eigenvalue weighted by atomic mass is 79.9. The number of hydrogen-bond acceptors (Lipinski definition) is 2. The minimum absolute atomic E-state index is 0.372. The molecule has 0 amide bonds. The lowest BCUT2D eigenvalue weighted by Crippen LogP contribution is -2.14. The minimum Gasteiger partial charge on any atom is -0.389 e. The zero-order chi connectivity index (χ0) is 13.4. The Balaban J connectivity index is 2.71. The van der Waals surface area contributed by atoms with Crippen LogP contribution in [0.2, 0.25) is 0 Å². The summed E-state index contributed by atoms with van der Waals surface area (Å²) in [4.78, 5) is 0.372. The fraction of sp³-hybridized carbons (Fsp3) is 0.231. The monoisotopic (exact) mass is 323 g/mol. The Kier molecular flexibility index (Phi) is 3.54. The lowest BCUT2D eigenvalue weighted by molar-refractivity contribution is 0.831. The SMILES string of the molecule is Cc1nn(-c2ccc(Br)cc2C(N)=S)c(C)c1C. The molecule has 2 aromatic rings. The van der Waals surface area contributed by atoms with Crippen molar-refractivity contribution < 1.29 is 0 Å². The highest BCUT2D eigenvalue weighted by Crippen LogP contribution is 2.23. The number of nitrogens with two attached hydrogens (primary N) is 1. The molecule has 0 unspecified atom stereocenters. The topological polar surface area (TPSA) is 43.8 Å². The van der Waals surface area contributed by atoms with Gasteiger partial charge in [0, 0.05) is 15.7 Å². The van der Waals surface area contributed by atoms with Crippen LogP contribution in [0.15, 0.2) is 22.7 Å². The van der Waals surface area contributed by atoms with E-state index in [0.717, 1.165) is 27.1 Å². The van der Waals surface area contributed by atoms with Crippen LogP contribution in [-0.2, 0) is 0 Å². The second-order valence-corrected chi connectivity index (χ2v) is 5.59. The highest BCUT2D eigenvalue weighted by molar-refractivity contribution is 9.10. The van der Waals surface area contributed by atoms with E-state index in [0.29, 0.717) is 4.99 Å². The molecule has 0 bridgehead atoms. The Bertz CT molecular complexity index is 631. The molecule has 1 heterocycles. The van der Waals surface area contributed by atoms with Crippen molar-refractivity contribution in [2.45, 2.75) is 20.8 Å². The largest absolute Gasteiger partial charge is 0.389 e. The van der Waals surface area contributed by atoms with E-state index in [1.54, 1.807) is 0 Å². The van der Waals surface area contributed by atoms with Crippen LogP contribution in [0.4, 0.5) is 0 Å². The number of aryl methyl sites for hydroxylation is 1. The molecule has 18 heavy (non-hydrogen) atoms. The fourth-order valence-electron chi connectivity index (χ4n) is 1.85. The van der Waals surface area contributed by atoms with E-state index in [4.69, 9.17) is 18.0 Å². The van der Waals surface area contributed by atoms with Crippen molar-refractivity contribution in [2.24, 2.45) is 5.73 Å². The van der Waals surface area contributed by atoms with Gasteiger partial charge in [-0.2, -0.15) is 5.10 Å². The molecule has 5 heteroatoms. The van der Waals surface area contributed by atoms with Crippen molar-refractivity contribution in [1.29, 1.82) is 0 Å². The van der Waals surface area contributed by atoms with E-state index in [1.807, 2.05) is 36.7 Å². The summed E-state index contributed by atoms with van der Waals surface area (Å²) in [5, 5.41) is 4.54. The first-order valence-electron chi connectivity index (χ1n) is 5.54. The third kappa shape index (κ3) is 2.20. The molecule has 0 spiro atoms. The second-order valence-electron chi connectivity index (χ2n) is 4.23. The minimum atomic E-state index is 0.372. The Hall–Kier alpha value is -1.20. The van der Waals surface area contributed by atoms with Gasteiger partial charge in [-0.25, -0.2) is 4.68 Å². The van der Waals surface area contributed by atoms with E-state index in [2.05, 4.69) is 28.0 Å². The van der Waals surface area contributed by atoms with Crippen molar-refractivity contribution in [3.63, 3.8) is 0 Å². The number of hydrogen-bond donors (Lipinski definition) is 1. The quantitative estimate of drug-likeness (QED) is 0.863. The summed E-state index contributed by atoms with van der Waals surface area (Å²) in [5.74, 6) is 0. The van der Waals surface area contributed by atoms with Crippen molar-refractivity contribution in [3.05, 3.63) is 45.2 Å². The normalized spacial score (nSPS) is 10.7. The first-order valence-corrected chi connectivity index (χ1v) is 6.74. The smallest absolute Gasteiger partial charge is 0.106 e. The number of benzene rings is 1. The van der Waals surface area contributed by atoms with Crippen LogP contribution >= 0.6 is 28.1 Å². The van der Waals surface area contributed by atoms with Crippen molar-refractivity contribution in [1.82, 2.24) is 9.78 Å². The summed E-state index contributed by atoms with van der Waals surface area (Å²) < 4.78 is 2.85. The van der Waals surface area contributed by atoms with Gasteiger partial charge in [0.15, 0.2) is 0 Å². The maximum Gasteiger partial charge on any atom is 0.106 e. The van der Waals surface area contributed by atoms with E-state index >= 15 is 0 Å². The fourth-order valence-corrected chi connectivity index (χ4v) is 2.37. The number of nitrogens with zero attached hydrogens (tertiary/aromatic N) is 2. The average molecular weight is 324 g/mol. The van der Waals surface area contributed by atoms with Gasteiger partial charge in [0.05, 0.1) is 11.4 Å². The molecule has 0 aliphatic carbocycles. The maximum atomic E-state index is 5.79. The molecular weight excluding hydrogens is 310 g/mol. The molecule has 1 aromatic carbocycles. The van der Waals surface area contributed by atoms with Gasteiger partial charge < -0.3 is 5.73 Å². The van der Waals surface area contributed by atoms with Gasteiger partial charge in [0.25, 0.3) is 0 Å². The summed E-state index contributed by atoms with van der Waals surface area (Å²) >= 11 is 8.54. The van der Waals surface area contributed by atoms with Gasteiger partial charge in [-0.05, 0) is 44.5 Å². The summed E-state index contributed by atoms with van der Waals surface area (Å²) in [6, 6.07) is 5.85. The molecule has 1 aromatic heterocycles. The van der Waals surface area contributed by atoms with Crippen LogP contribution < -0.4 is 5.73 Å². The van der Waals surface area contributed by atoms with Crippen LogP contribution in [0.3, 0.4) is 0 Å². The zero-order valence-electron chi connectivity index (χ0n) is 10.5. The molecule has 0 aliphatic heterocycles. The number of aromatic nitrogens is 2. The number of thiocarbonyl (C=S) groups is 1. The molecular formula is C13H14BrN3S. The number of halogens is 1. The second kappa shape index (κ2) is 4.82. The molecule has 0 atom stereocenters. The first-order chi connectivity index (χ1) is 8.41. The number of rotatable bonds is 2. The van der Waals surface area contributed by atoms with Crippen LogP contribution in [0, 0.1) is 20.8 Å². The zero-order valence-corrected chi connectivity index (χ0v) is 12.9. The molecule has 2 N–H and O–H groups in total. The molecule has 94 valence electrons. The van der Waals surface area contributed by atoms with Crippen molar-refractivity contribution in [2.75, 3.05) is 0 Å². The first kappa shape index (κ1) is 13.2. The predicted octanol–water partition coefficient (Wildman–Crippen LogP) is 3.19. The molecule has 0 saturated heterocycles. The Labute approximate surface area is 120 Å². The standard InChI is InChI=1S/C13H14BrN3S/c1-7-8(2)16-17(9(7)3)12-5-4-10(14)6-11(12)13(15)18/h4-6H,1-3H3,(H2,15,18). The molecule has 0 radical (unpaired) electrons. The maximum absolute atomic E-state index is 5.79. The molecule has 3 nitrogen and oxygen atoms in total. The Morgan fingerprint density at radius 3 is 2.50 bits per heavy atom. The van der Waals surface area contributed by atoms with Gasteiger partial charge >= 0.3 is 0 Å². The third-order valence-corrected chi connectivity index (χ3v) is 3.82. The molecule has 0 aliphatic rings. The van der Waals surface area contributed by atoms with E-state index < -0.39 is 0 Å². The van der Waals surface area contributed by atoms with Gasteiger partial charge in [-0.1, -0.05) is 28.1 Å². The van der Waals surface area contributed by atoms with Gasteiger partial charge in [-0.15, -0.1) is 0 Å². The van der Waals surface area contributed by atoms with Crippen molar-refractivity contribution >= 4 is 33.1 Å². The Morgan fingerprint density at radius 1 is 1.33 bits per heavy atom. The van der Waals surface area contributed by atoms with Gasteiger partial charge in [-0.3, -0.25) is 0 Å².